The summed E-state index contributed by atoms with van der Waals surface area (Å²) in [6.45, 7) is 1.74. The first-order valence-corrected chi connectivity index (χ1v) is 9.18. The Labute approximate surface area is 172 Å². The van der Waals surface area contributed by atoms with E-state index in [1.807, 2.05) is 0 Å². The minimum atomic E-state index is -0.790. The van der Waals surface area contributed by atoms with Crippen molar-refractivity contribution < 1.29 is 18.7 Å². The second kappa shape index (κ2) is 7.86. The number of aromatic nitrogens is 3. The summed E-state index contributed by atoms with van der Waals surface area (Å²) in [5.41, 5.74) is 1.60. The molecule has 1 amide bonds. The summed E-state index contributed by atoms with van der Waals surface area (Å²) >= 11 is 0. The predicted octanol–water partition coefficient (Wildman–Crippen LogP) is 3.36. The molecule has 1 aromatic heterocycles. The Bertz CT molecular complexity index is 1140. The summed E-state index contributed by atoms with van der Waals surface area (Å²) < 4.78 is 26.8. The van der Waals surface area contributed by atoms with Crippen molar-refractivity contribution in [3.8, 4) is 11.5 Å². The minimum absolute atomic E-state index is 0.308. The molecule has 2 aromatic carbocycles. The third-order valence-electron chi connectivity index (χ3n) is 4.89. The zero-order chi connectivity index (χ0) is 21.3. The lowest BCUT2D eigenvalue weighted by Gasteiger charge is -2.29. The molecule has 0 spiro atoms. The molecule has 0 saturated carbocycles. The van der Waals surface area contributed by atoms with E-state index >= 15 is 0 Å². The summed E-state index contributed by atoms with van der Waals surface area (Å²) in [6.07, 6.45) is 1.36. The molecule has 0 unspecified atom stereocenters. The van der Waals surface area contributed by atoms with Gasteiger partial charge in [0.1, 0.15) is 29.7 Å². The summed E-state index contributed by atoms with van der Waals surface area (Å²) in [5.74, 6) is 0.581. The van der Waals surface area contributed by atoms with E-state index in [0.717, 1.165) is 0 Å². The number of rotatable bonds is 5. The molecule has 30 heavy (non-hydrogen) atoms. The molecule has 154 valence electrons. The fourth-order valence-electron chi connectivity index (χ4n) is 3.47. The molecule has 1 atom stereocenters. The summed E-state index contributed by atoms with van der Waals surface area (Å²) in [7, 11) is 3.04. The molecule has 4 rings (SSSR count). The number of anilines is 2. The van der Waals surface area contributed by atoms with Gasteiger partial charge in [0, 0.05) is 17.3 Å². The van der Waals surface area contributed by atoms with Crippen LogP contribution in [0.25, 0.3) is 0 Å². The first-order chi connectivity index (χ1) is 14.5. The number of ether oxygens (including phenoxy) is 2. The quantitative estimate of drug-likeness (QED) is 0.672. The maximum Gasteiger partial charge on any atom is 0.255 e. The topological polar surface area (TPSA) is 90.3 Å². The Kier molecular flexibility index (Phi) is 5.09. The van der Waals surface area contributed by atoms with Crippen LogP contribution in [0.2, 0.25) is 0 Å². The van der Waals surface area contributed by atoms with Gasteiger partial charge in [0.15, 0.2) is 0 Å². The van der Waals surface area contributed by atoms with Gasteiger partial charge in [-0.1, -0.05) is 18.2 Å². The number of carbonyl (C=O) groups is 1. The first kappa shape index (κ1) is 19.4. The molecule has 1 aliphatic rings. The second-order valence-corrected chi connectivity index (χ2v) is 6.64. The molecule has 0 aliphatic carbocycles. The van der Waals surface area contributed by atoms with Gasteiger partial charge in [-0.05, 0) is 25.1 Å². The molecule has 0 radical (unpaired) electrons. The number of benzene rings is 2. The van der Waals surface area contributed by atoms with Crippen molar-refractivity contribution in [1.29, 1.82) is 0 Å². The maximum atomic E-state index is 14.7. The van der Waals surface area contributed by atoms with E-state index in [2.05, 4.69) is 20.7 Å². The van der Waals surface area contributed by atoms with E-state index in [-0.39, 0.29) is 0 Å². The molecule has 0 fully saturated rings. The number of carbonyl (C=O) groups excluding carboxylic acids is 1. The number of nitrogens with zero attached hydrogens (tertiary/aromatic N) is 3. The van der Waals surface area contributed by atoms with Gasteiger partial charge in [0.2, 0.25) is 5.95 Å². The van der Waals surface area contributed by atoms with Crippen LogP contribution in [0.4, 0.5) is 16.0 Å². The Morgan fingerprint density at radius 3 is 2.73 bits per heavy atom. The van der Waals surface area contributed by atoms with Gasteiger partial charge in [0.05, 0.1) is 25.5 Å². The lowest BCUT2D eigenvalue weighted by molar-refractivity contribution is -0.113. The minimum Gasteiger partial charge on any atom is -0.497 e. The highest BCUT2D eigenvalue weighted by Gasteiger charge is 2.35. The number of amides is 1. The van der Waals surface area contributed by atoms with Gasteiger partial charge in [-0.2, -0.15) is 10.1 Å². The van der Waals surface area contributed by atoms with E-state index in [1.165, 1.54) is 31.3 Å². The summed E-state index contributed by atoms with van der Waals surface area (Å²) in [6, 6.07) is 10.6. The van der Waals surface area contributed by atoms with Crippen LogP contribution < -0.4 is 20.1 Å². The van der Waals surface area contributed by atoms with E-state index < -0.39 is 17.8 Å². The SMILES string of the molecule is COc1ccc(OC)c(NC(=O)C2=C(C)Nc3ncnn3[C@H]2c2ccccc2F)c1. The van der Waals surface area contributed by atoms with Crippen LogP contribution in [0.3, 0.4) is 0 Å². The number of nitrogens with one attached hydrogen (secondary N) is 2. The summed E-state index contributed by atoms with van der Waals surface area (Å²) in [5, 5.41) is 10.1. The highest BCUT2D eigenvalue weighted by molar-refractivity contribution is 6.06. The fourth-order valence-corrected chi connectivity index (χ4v) is 3.47. The van der Waals surface area contributed by atoms with E-state index in [1.54, 1.807) is 43.3 Å². The van der Waals surface area contributed by atoms with Crippen LogP contribution in [0.5, 0.6) is 11.5 Å². The smallest absolute Gasteiger partial charge is 0.255 e. The van der Waals surface area contributed by atoms with Crippen molar-refractivity contribution in [2.75, 3.05) is 24.9 Å². The molecule has 2 N–H and O–H groups in total. The normalized spacial score (nSPS) is 15.3. The highest BCUT2D eigenvalue weighted by atomic mass is 19.1. The molecule has 2 heterocycles. The standard InChI is InChI=1S/C21H20FN5O3/c1-12-18(20(28)26-16-10-13(29-2)8-9-17(16)30-3)19(14-6-4-5-7-15(14)22)27-21(25-12)23-11-24-27/h4-11,19H,1-3H3,(H,26,28)(H,23,24,25)/t19-/m0/s1. The largest absolute Gasteiger partial charge is 0.497 e. The van der Waals surface area contributed by atoms with Crippen LogP contribution in [0.15, 0.2) is 60.1 Å². The van der Waals surface area contributed by atoms with Crippen LogP contribution in [-0.4, -0.2) is 34.9 Å². The molecule has 0 saturated heterocycles. The van der Waals surface area contributed by atoms with Crippen molar-refractivity contribution in [2.45, 2.75) is 13.0 Å². The summed E-state index contributed by atoms with van der Waals surface area (Å²) in [4.78, 5) is 17.5. The molecule has 1 aliphatic heterocycles. The lowest BCUT2D eigenvalue weighted by Crippen LogP contribution is -2.32. The van der Waals surface area contributed by atoms with Crippen LogP contribution in [-0.2, 0) is 4.79 Å². The average Bonchev–Trinajstić information content (AvgIpc) is 3.21. The molecular formula is C21H20FN5O3. The van der Waals surface area contributed by atoms with Gasteiger partial charge < -0.3 is 20.1 Å². The monoisotopic (exact) mass is 409 g/mol. The van der Waals surface area contributed by atoms with Crippen LogP contribution in [0, 0.1) is 5.82 Å². The number of halogens is 1. The van der Waals surface area contributed by atoms with E-state index in [0.29, 0.717) is 40.0 Å². The Morgan fingerprint density at radius 1 is 1.20 bits per heavy atom. The zero-order valence-corrected chi connectivity index (χ0v) is 16.6. The van der Waals surface area contributed by atoms with Gasteiger partial charge in [-0.15, -0.1) is 0 Å². The zero-order valence-electron chi connectivity index (χ0n) is 16.6. The Morgan fingerprint density at radius 2 is 2.00 bits per heavy atom. The third kappa shape index (κ3) is 3.34. The van der Waals surface area contributed by atoms with Gasteiger partial charge >= 0.3 is 0 Å². The number of allylic oxidation sites excluding steroid dienone is 1. The van der Waals surface area contributed by atoms with Gasteiger partial charge in [-0.3, -0.25) is 4.79 Å². The molecule has 0 bridgehead atoms. The van der Waals surface area contributed by atoms with E-state index in [4.69, 9.17) is 9.47 Å². The number of hydrogen-bond donors (Lipinski definition) is 2. The predicted molar refractivity (Wildman–Crippen MR) is 109 cm³/mol. The van der Waals surface area contributed by atoms with Crippen molar-refractivity contribution in [3.05, 3.63) is 71.4 Å². The van der Waals surface area contributed by atoms with Crippen molar-refractivity contribution in [1.82, 2.24) is 14.8 Å². The number of hydrogen-bond acceptors (Lipinski definition) is 6. The lowest BCUT2D eigenvalue weighted by atomic mass is 9.94. The van der Waals surface area contributed by atoms with Crippen molar-refractivity contribution in [2.24, 2.45) is 0 Å². The Balaban J connectivity index is 1.78. The van der Waals surface area contributed by atoms with Crippen LogP contribution >= 0.6 is 0 Å². The number of methoxy groups -OCH3 is 2. The van der Waals surface area contributed by atoms with Crippen LogP contribution in [0.1, 0.15) is 18.5 Å². The molecule has 3 aromatic rings. The van der Waals surface area contributed by atoms with Crippen molar-refractivity contribution >= 4 is 17.5 Å². The average molecular weight is 409 g/mol. The first-order valence-electron chi connectivity index (χ1n) is 9.18. The van der Waals surface area contributed by atoms with E-state index in [9.17, 15) is 9.18 Å². The molecule has 9 heteroatoms. The van der Waals surface area contributed by atoms with Gasteiger partial charge in [-0.25, -0.2) is 9.07 Å². The molecular weight excluding hydrogens is 389 g/mol. The Hall–Kier alpha value is -3.88. The maximum absolute atomic E-state index is 14.7. The number of fused-ring (bicyclic) bond motifs is 1. The molecule has 8 nitrogen and oxygen atoms in total. The van der Waals surface area contributed by atoms with Crippen molar-refractivity contribution in [3.63, 3.8) is 0 Å². The highest BCUT2D eigenvalue weighted by Crippen LogP contribution is 2.37. The van der Waals surface area contributed by atoms with Gasteiger partial charge in [0.25, 0.3) is 5.91 Å². The third-order valence-corrected chi connectivity index (χ3v) is 4.89. The second-order valence-electron chi connectivity index (χ2n) is 6.64. The fraction of sp³-hybridized carbons (Fsp3) is 0.190.